The van der Waals surface area contributed by atoms with Crippen molar-refractivity contribution in [3.63, 3.8) is 0 Å². The second-order valence-corrected chi connectivity index (χ2v) is 8.33. The fourth-order valence-corrected chi connectivity index (χ4v) is 4.67. The van der Waals surface area contributed by atoms with Crippen molar-refractivity contribution in [2.45, 2.75) is 38.0 Å². The quantitative estimate of drug-likeness (QED) is 0.702. The summed E-state index contributed by atoms with van der Waals surface area (Å²) in [6.45, 7) is 3.76. The molecular weight excluding hydrogens is 378 g/mol. The number of likely N-dealkylation sites (tertiary alicyclic amines) is 2. The predicted molar refractivity (Wildman–Crippen MR) is 114 cm³/mol. The van der Waals surface area contributed by atoms with Gasteiger partial charge in [-0.25, -0.2) is 9.97 Å². The van der Waals surface area contributed by atoms with Crippen molar-refractivity contribution in [2.24, 2.45) is 0 Å². The standard InChI is InChI=1S/C23H27N5O2/c29-21-15-28(14-20(21)26-9-4-5-10-26)23(30)18-12-19-22(24-13-18)27(16-25-19)11-8-17-6-2-1-3-7-17/h1-3,6-7,12-13,16,20-21,29H,4-5,8-11,14-15H2/t20-,21-/m0/s1. The van der Waals surface area contributed by atoms with Gasteiger partial charge in [0.15, 0.2) is 5.65 Å². The van der Waals surface area contributed by atoms with Crippen molar-refractivity contribution >= 4 is 17.1 Å². The molecule has 0 saturated carbocycles. The molecule has 2 saturated heterocycles. The minimum Gasteiger partial charge on any atom is -0.390 e. The van der Waals surface area contributed by atoms with E-state index in [1.807, 2.05) is 28.8 Å². The Morgan fingerprint density at radius 3 is 2.70 bits per heavy atom. The van der Waals surface area contributed by atoms with E-state index in [0.29, 0.717) is 18.7 Å². The second-order valence-electron chi connectivity index (χ2n) is 8.33. The number of carbonyl (C=O) groups is 1. The molecule has 1 aromatic carbocycles. The van der Waals surface area contributed by atoms with Gasteiger partial charge in [-0.3, -0.25) is 9.69 Å². The molecule has 0 radical (unpaired) electrons. The summed E-state index contributed by atoms with van der Waals surface area (Å²) >= 11 is 0. The second kappa shape index (κ2) is 8.16. The summed E-state index contributed by atoms with van der Waals surface area (Å²) in [5.41, 5.74) is 3.32. The molecule has 1 N–H and O–H groups in total. The Kier molecular flexibility index (Phi) is 5.23. The summed E-state index contributed by atoms with van der Waals surface area (Å²) in [6, 6.07) is 12.2. The molecule has 0 spiro atoms. The lowest BCUT2D eigenvalue weighted by molar-refractivity contribution is 0.0763. The number of β-amino-alcohol motifs (C(OH)–C–C–N with tert-alkyl or cyclic N) is 1. The smallest absolute Gasteiger partial charge is 0.255 e. The zero-order valence-electron chi connectivity index (χ0n) is 17.0. The van der Waals surface area contributed by atoms with Gasteiger partial charge in [0.05, 0.1) is 24.0 Å². The summed E-state index contributed by atoms with van der Waals surface area (Å²) in [6.07, 6.45) is 6.19. The van der Waals surface area contributed by atoms with Crippen molar-refractivity contribution < 1.29 is 9.90 Å². The van der Waals surface area contributed by atoms with Crippen molar-refractivity contribution in [1.29, 1.82) is 0 Å². The Morgan fingerprint density at radius 2 is 1.90 bits per heavy atom. The van der Waals surface area contributed by atoms with Crippen LogP contribution in [-0.4, -0.2) is 73.7 Å². The first-order valence-electron chi connectivity index (χ1n) is 10.8. The molecular formula is C23H27N5O2. The van der Waals surface area contributed by atoms with E-state index < -0.39 is 6.10 Å². The van der Waals surface area contributed by atoms with Gasteiger partial charge in [-0.15, -0.1) is 0 Å². The average molecular weight is 406 g/mol. The number of nitrogens with zero attached hydrogens (tertiary/aromatic N) is 5. The van der Waals surface area contributed by atoms with E-state index >= 15 is 0 Å². The van der Waals surface area contributed by atoms with Gasteiger partial charge < -0.3 is 14.6 Å². The SMILES string of the molecule is O=C(c1cnc2c(c1)ncn2CCc1ccccc1)N1C[C@H](O)[C@@H](N2CCCC2)C1. The van der Waals surface area contributed by atoms with Crippen LogP contribution in [0.2, 0.25) is 0 Å². The lowest BCUT2D eigenvalue weighted by Gasteiger charge is -2.25. The Balaban J connectivity index is 1.29. The van der Waals surface area contributed by atoms with Crippen LogP contribution in [0.5, 0.6) is 0 Å². The van der Waals surface area contributed by atoms with E-state index in [2.05, 4.69) is 27.0 Å². The van der Waals surface area contributed by atoms with Crippen LogP contribution in [0.1, 0.15) is 28.8 Å². The molecule has 4 heterocycles. The highest BCUT2D eigenvalue weighted by atomic mass is 16.3. The topological polar surface area (TPSA) is 74.5 Å². The molecule has 7 heteroatoms. The van der Waals surface area contributed by atoms with Gasteiger partial charge in [0.1, 0.15) is 5.52 Å². The van der Waals surface area contributed by atoms with Crippen molar-refractivity contribution in [2.75, 3.05) is 26.2 Å². The number of amides is 1. The van der Waals surface area contributed by atoms with E-state index in [9.17, 15) is 9.90 Å². The number of pyridine rings is 1. The molecule has 2 aromatic heterocycles. The highest BCUT2D eigenvalue weighted by Crippen LogP contribution is 2.23. The lowest BCUT2D eigenvalue weighted by Crippen LogP contribution is -2.41. The van der Waals surface area contributed by atoms with E-state index in [1.54, 1.807) is 17.4 Å². The number of imidazole rings is 1. The van der Waals surface area contributed by atoms with Gasteiger partial charge in [0.25, 0.3) is 5.91 Å². The molecule has 5 rings (SSSR count). The van der Waals surface area contributed by atoms with E-state index in [-0.39, 0.29) is 11.9 Å². The highest BCUT2D eigenvalue weighted by molar-refractivity contribution is 5.96. The van der Waals surface area contributed by atoms with Crippen molar-refractivity contribution in [3.05, 3.63) is 60.0 Å². The molecule has 2 atom stereocenters. The molecule has 2 aliphatic heterocycles. The maximum atomic E-state index is 13.0. The third-order valence-electron chi connectivity index (χ3n) is 6.34. The first-order valence-corrected chi connectivity index (χ1v) is 10.8. The summed E-state index contributed by atoms with van der Waals surface area (Å²) in [5, 5.41) is 10.5. The molecule has 3 aromatic rings. The normalized spacial score (nSPS) is 22.2. The van der Waals surface area contributed by atoms with Gasteiger partial charge in [0, 0.05) is 25.8 Å². The molecule has 0 bridgehead atoms. The maximum Gasteiger partial charge on any atom is 0.255 e. The number of rotatable bonds is 5. The van der Waals surface area contributed by atoms with Crippen LogP contribution in [0, 0.1) is 0 Å². The van der Waals surface area contributed by atoms with Crippen LogP contribution in [0.4, 0.5) is 0 Å². The fraction of sp³-hybridized carbons (Fsp3) is 0.435. The molecule has 2 aliphatic rings. The minimum atomic E-state index is -0.485. The number of hydrogen-bond acceptors (Lipinski definition) is 5. The molecule has 0 aliphatic carbocycles. The maximum absolute atomic E-state index is 13.0. The number of aliphatic hydroxyl groups excluding tert-OH is 1. The average Bonchev–Trinajstić information content (AvgIpc) is 3.52. The lowest BCUT2D eigenvalue weighted by atomic mass is 10.1. The van der Waals surface area contributed by atoms with Crippen LogP contribution in [-0.2, 0) is 13.0 Å². The number of aryl methyl sites for hydroxylation is 2. The summed E-state index contributed by atoms with van der Waals surface area (Å²) < 4.78 is 2.03. The summed E-state index contributed by atoms with van der Waals surface area (Å²) in [5.74, 6) is -0.0796. The zero-order chi connectivity index (χ0) is 20.5. The van der Waals surface area contributed by atoms with E-state index in [4.69, 9.17) is 0 Å². The number of aliphatic hydroxyl groups is 1. The monoisotopic (exact) mass is 405 g/mol. The fourth-order valence-electron chi connectivity index (χ4n) is 4.67. The van der Waals surface area contributed by atoms with E-state index in [0.717, 1.165) is 37.2 Å². The van der Waals surface area contributed by atoms with Crippen LogP contribution in [0.25, 0.3) is 11.2 Å². The number of benzene rings is 1. The van der Waals surface area contributed by atoms with Gasteiger partial charge >= 0.3 is 0 Å². The predicted octanol–water partition coefficient (Wildman–Crippen LogP) is 1.96. The van der Waals surface area contributed by atoms with Gasteiger partial charge in [0.2, 0.25) is 0 Å². The third-order valence-corrected chi connectivity index (χ3v) is 6.34. The Morgan fingerprint density at radius 1 is 1.10 bits per heavy atom. The number of carbonyl (C=O) groups excluding carboxylic acids is 1. The summed E-state index contributed by atoms with van der Waals surface area (Å²) in [7, 11) is 0. The number of aromatic nitrogens is 3. The Hall–Kier alpha value is -2.77. The largest absolute Gasteiger partial charge is 0.390 e. The van der Waals surface area contributed by atoms with Crippen LogP contribution < -0.4 is 0 Å². The van der Waals surface area contributed by atoms with E-state index in [1.165, 1.54) is 18.4 Å². The molecule has 1 amide bonds. The van der Waals surface area contributed by atoms with Gasteiger partial charge in [-0.05, 0) is 44.0 Å². The van der Waals surface area contributed by atoms with Gasteiger partial charge in [-0.2, -0.15) is 0 Å². The zero-order valence-corrected chi connectivity index (χ0v) is 17.0. The molecule has 0 unspecified atom stereocenters. The first kappa shape index (κ1) is 19.2. The first-order chi connectivity index (χ1) is 14.7. The summed E-state index contributed by atoms with van der Waals surface area (Å²) in [4.78, 5) is 26.1. The molecule has 156 valence electrons. The van der Waals surface area contributed by atoms with Crippen LogP contribution >= 0.6 is 0 Å². The minimum absolute atomic E-state index is 0.0466. The van der Waals surface area contributed by atoms with Crippen molar-refractivity contribution in [1.82, 2.24) is 24.3 Å². The highest BCUT2D eigenvalue weighted by Gasteiger charge is 2.38. The third kappa shape index (κ3) is 3.70. The molecule has 2 fully saturated rings. The number of fused-ring (bicyclic) bond motifs is 1. The van der Waals surface area contributed by atoms with Crippen LogP contribution in [0.15, 0.2) is 48.9 Å². The Labute approximate surface area is 176 Å². The molecule has 30 heavy (non-hydrogen) atoms. The molecule has 7 nitrogen and oxygen atoms in total. The Bertz CT molecular complexity index is 1030. The van der Waals surface area contributed by atoms with Crippen LogP contribution in [0.3, 0.4) is 0 Å². The van der Waals surface area contributed by atoms with Gasteiger partial charge in [-0.1, -0.05) is 30.3 Å². The van der Waals surface area contributed by atoms with Crippen molar-refractivity contribution in [3.8, 4) is 0 Å². The number of hydrogen-bond donors (Lipinski definition) is 1.